The van der Waals surface area contributed by atoms with E-state index in [0.29, 0.717) is 11.3 Å². The van der Waals surface area contributed by atoms with Gasteiger partial charge in [-0.1, -0.05) is 26.8 Å². The van der Waals surface area contributed by atoms with E-state index in [1.54, 1.807) is 25.1 Å². The Morgan fingerprint density at radius 1 is 1.35 bits per heavy atom. The van der Waals surface area contributed by atoms with Crippen molar-refractivity contribution in [2.45, 2.75) is 39.2 Å². The molecule has 2 rings (SSSR count). The van der Waals surface area contributed by atoms with Gasteiger partial charge in [-0.25, -0.2) is 4.39 Å². The van der Waals surface area contributed by atoms with Crippen LogP contribution in [0.4, 0.5) is 4.39 Å². The van der Waals surface area contributed by atoms with Crippen LogP contribution in [0.3, 0.4) is 0 Å². The van der Waals surface area contributed by atoms with Gasteiger partial charge in [0, 0.05) is 11.1 Å². The van der Waals surface area contributed by atoms with E-state index in [0.717, 1.165) is 5.69 Å². The molecule has 124 valence electrons. The van der Waals surface area contributed by atoms with E-state index in [1.807, 2.05) is 20.8 Å². The topological polar surface area (TPSA) is 67.0 Å². The smallest absolute Gasteiger partial charge is 0.272 e. The predicted molar refractivity (Wildman–Crippen MR) is 86.1 cm³/mol. The molecule has 0 saturated carbocycles. The Morgan fingerprint density at radius 2 is 2.04 bits per heavy atom. The Labute approximate surface area is 135 Å². The number of aromatic amines is 1. The van der Waals surface area contributed by atoms with Crippen LogP contribution >= 0.6 is 0 Å². The number of nitrogens with one attached hydrogen (secondary N) is 2. The number of hydrogen-bond donors (Lipinski definition) is 2. The van der Waals surface area contributed by atoms with Crippen molar-refractivity contribution in [1.29, 1.82) is 0 Å². The third-order valence-electron chi connectivity index (χ3n) is 3.64. The number of H-pyrrole nitrogens is 1. The zero-order valence-corrected chi connectivity index (χ0v) is 14.0. The van der Waals surface area contributed by atoms with Crippen LogP contribution < -0.4 is 10.1 Å². The maximum atomic E-state index is 13.8. The summed E-state index contributed by atoms with van der Waals surface area (Å²) < 4.78 is 18.6. The summed E-state index contributed by atoms with van der Waals surface area (Å²) in [6.07, 6.45) is 0. The van der Waals surface area contributed by atoms with Crippen molar-refractivity contribution >= 4 is 5.91 Å². The second-order valence-corrected chi connectivity index (χ2v) is 6.51. The van der Waals surface area contributed by atoms with Crippen LogP contribution in [0.2, 0.25) is 0 Å². The van der Waals surface area contributed by atoms with Gasteiger partial charge in [0.25, 0.3) is 5.91 Å². The number of ether oxygens (including phenoxy) is 1. The van der Waals surface area contributed by atoms with Gasteiger partial charge in [0.1, 0.15) is 5.69 Å². The first-order chi connectivity index (χ1) is 10.7. The Morgan fingerprint density at radius 3 is 2.57 bits per heavy atom. The summed E-state index contributed by atoms with van der Waals surface area (Å²) in [7, 11) is 1.41. The molecule has 1 atom stereocenters. The largest absolute Gasteiger partial charge is 0.494 e. The number of halogens is 1. The lowest BCUT2D eigenvalue weighted by molar-refractivity contribution is 0.0934. The monoisotopic (exact) mass is 319 g/mol. The molecule has 0 aliphatic rings. The second kappa shape index (κ2) is 6.40. The Kier molecular flexibility index (Phi) is 4.73. The highest BCUT2D eigenvalue weighted by atomic mass is 19.1. The highest BCUT2D eigenvalue weighted by Crippen LogP contribution is 2.23. The van der Waals surface area contributed by atoms with Crippen molar-refractivity contribution in [3.05, 3.63) is 47.0 Å². The van der Waals surface area contributed by atoms with Crippen molar-refractivity contribution in [2.75, 3.05) is 7.11 Å². The molecule has 2 N–H and O–H groups in total. The minimum absolute atomic E-state index is 0.115. The molecule has 0 fully saturated rings. The number of carbonyl (C=O) groups is 1. The van der Waals surface area contributed by atoms with E-state index in [-0.39, 0.29) is 23.1 Å². The molecule has 23 heavy (non-hydrogen) atoms. The van der Waals surface area contributed by atoms with Crippen molar-refractivity contribution in [2.24, 2.45) is 0 Å². The normalized spacial score (nSPS) is 12.8. The number of methoxy groups -OCH3 is 1. The zero-order valence-electron chi connectivity index (χ0n) is 14.0. The standard InChI is InChI=1S/C17H22FN3O2/c1-10(11-6-7-14(23-5)12(18)8-11)19-16(22)13-9-15(21-20-13)17(2,3)4/h6-10H,1-5H3,(H,19,22)(H,20,21). The molecule has 0 aliphatic heterocycles. The molecule has 0 saturated heterocycles. The van der Waals surface area contributed by atoms with Gasteiger partial charge in [-0.3, -0.25) is 9.89 Å². The average molecular weight is 319 g/mol. The fourth-order valence-electron chi connectivity index (χ4n) is 2.13. The molecule has 2 aromatic rings. The van der Waals surface area contributed by atoms with Gasteiger partial charge in [-0.2, -0.15) is 5.10 Å². The maximum Gasteiger partial charge on any atom is 0.272 e. The van der Waals surface area contributed by atoms with Crippen molar-refractivity contribution in [1.82, 2.24) is 15.5 Å². The SMILES string of the molecule is COc1ccc(C(C)NC(=O)c2cc(C(C)(C)C)[nH]n2)cc1F. The number of carbonyl (C=O) groups excluding carboxylic acids is 1. The van der Waals surface area contributed by atoms with Gasteiger partial charge in [-0.05, 0) is 30.7 Å². The minimum Gasteiger partial charge on any atom is -0.494 e. The van der Waals surface area contributed by atoms with E-state index in [4.69, 9.17) is 4.74 Å². The number of nitrogens with zero attached hydrogens (tertiary/aromatic N) is 1. The lowest BCUT2D eigenvalue weighted by Gasteiger charge is -2.15. The molecule has 1 aromatic heterocycles. The number of amides is 1. The molecular weight excluding hydrogens is 297 g/mol. The fourth-order valence-corrected chi connectivity index (χ4v) is 2.13. The Balaban J connectivity index is 2.10. The van der Waals surface area contributed by atoms with Crippen LogP contribution in [0, 0.1) is 5.82 Å². The Bertz CT molecular complexity index is 704. The lowest BCUT2D eigenvalue weighted by atomic mass is 9.92. The molecule has 1 unspecified atom stereocenters. The molecule has 5 nitrogen and oxygen atoms in total. The van der Waals surface area contributed by atoms with E-state index in [2.05, 4.69) is 15.5 Å². The highest BCUT2D eigenvalue weighted by Gasteiger charge is 2.20. The van der Waals surface area contributed by atoms with E-state index in [9.17, 15) is 9.18 Å². The molecule has 0 bridgehead atoms. The minimum atomic E-state index is -0.458. The van der Waals surface area contributed by atoms with Crippen molar-refractivity contribution < 1.29 is 13.9 Å². The van der Waals surface area contributed by atoms with E-state index < -0.39 is 5.82 Å². The summed E-state index contributed by atoms with van der Waals surface area (Å²) >= 11 is 0. The maximum absolute atomic E-state index is 13.8. The van der Waals surface area contributed by atoms with Gasteiger partial charge >= 0.3 is 0 Å². The molecule has 6 heteroatoms. The molecule has 0 radical (unpaired) electrons. The fraction of sp³-hybridized carbons (Fsp3) is 0.412. The third-order valence-corrected chi connectivity index (χ3v) is 3.64. The van der Waals surface area contributed by atoms with Gasteiger partial charge in [0.15, 0.2) is 11.6 Å². The van der Waals surface area contributed by atoms with Gasteiger partial charge < -0.3 is 10.1 Å². The Hall–Kier alpha value is -2.37. The molecule has 1 heterocycles. The first-order valence-electron chi connectivity index (χ1n) is 7.42. The van der Waals surface area contributed by atoms with Crippen LogP contribution in [-0.4, -0.2) is 23.2 Å². The summed E-state index contributed by atoms with van der Waals surface area (Å²) in [6, 6.07) is 6.00. The molecule has 1 aromatic carbocycles. The van der Waals surface area contributed by atoms with Crippen LogP contribution in [-0.2, 0) is 5.41 Å². The number of benzene rings is 1. The molecular formula is C17H22FN3O2. The lowest BCUT2D eigenvalue weighted by Crippen LogP contribution is -2.27. The van der Waals surface area contributed by atoms with Gasteiger partial charge in [0.2, 0.25) is 0 Å². The van der Waals surface area contributed by atoms with Crippen LogP contribution in [0.25, 0.3) is 0 Å². The number of hydrogen-bond acceptors (Lipinski definition) is 3. The molecule has 0 spiro atoms. The van der Waals surface area contributed by atoms with Crippen LogP contribution in [0.15, 0.2) is 24.3 Å². The highest BCUT2D eigenvalue weighted by molar-refractivity contribution is 5.92. The first-order valence-corrected chi connectivity index (χ1v) is 7.42. The first kappa shape index (κ1) is 17.0. The van der Waals surface area contributed by atoms with Crippen LogP contribution in [0.5, 0.6) is 5.75 Å². The quantitative estimate of drug-likeness (QED) is 0.908. The second-order valence-electron chi connectivity index (χ2n) is 6.51. The van der Waals surface area contributed by atoms with E-state index >= 15 is 0 Å². The third kappa shape index (κ3) is 3.88. The summed E-state index contributed by atoms with van der Waals surface area (Å²) in [6.45, 7) is 7.89. The van der Waals surface area contributed by atoms with Crippen molar-refractivity contribution in [3.8, 4) is 5.75 Å². The summed E-state index contributed by atoms with van der Waals surface area (Å²) in [5.74, 6) is -0.587. The predicted octanol–water partition coefficient (Wildman–Crippen LogP) is 3.35. The molecule has 0 aliphatic carbocycles. The number of rotatable bonds is 4. The summed E-state index contributed by atoms with van der Waals surface area (Å²) in [5, 5.41) is 9.73. The summed E-state index contributed by atoms with van der Waals surface area (Å²) in [4.78, 5) is 12.3. The van der Waals surface area contributed by atoms with E-state index in [1.165, 1.54) is 13.2 Å². The zero-order chi connectivity index (χ0) is 17.2. The van der Waals surface area contributed by atoms with Crippen LogP contribution in [0.1, 0.15) is 55.5 Å². The van der Waals surface area contributed by atoms with Gasteiger partial charge in [-0.15, -0.1) is 0 Å². The number of aromatic nitrogens is 2. The summed E-state index contributed by atoms with van der Waals surface area (Å²) in [5.41, 5.74) is 1.74. The molecule has 1 amide bonds. The average Bonchev–Trinajstić information content (AvgIpc) is 2.97. The van der Waals surface area contributed by atoms with Gasteiger partial charge in [0.05, 0.1) is 13.2 Å². The van der Waals surface area contributed by atoms with Crippen molar-refractivity contribution in [3.63, 3.8) is 0 Å².